The van der Waals surface area contributed by atoms with Gasteiger partial charge in [-0.15, -0.1) is 0 Å². The SMILES string of the molecule is CCCCC(C)S(C(C)CCCC)=P([O-])([O-])[S-].CCCCC(C)S(C(C)CCCC)=P([O-])([O-])[S-].[Zn+2].[Zn+2].[Zn+2]. The Morgan fingerprint density at radius 3 is 0.757 bits per heavy atom. The van der Waals surface area contributed by atoms with E-state index >= 15 is 0 Å². The maximum Gasteiger partial charge on any atom is 2.00 e. The van der Waals surface area contributed by atoms with Crippen LogP contribution in [0.1, 0.15) is 132 Å². The van der Waals surface area contributed by atoms with Crippen molar-refractivity contribution in [1.82, 2.24) is 0 Å². The molecule has 37 heavy (non-hydrogen) atoms. The Hall–Kier alpha value is 3.97. The van der Waals surface area contributed by atoms with E-state index in [0.29, 0.717) is 0 Å². The topological polar surface area (TPSA) is 92.2 Å². The molecule has 0 aliphatic rings. The molecular weight excluding hydrogens is 739 g/mol. The van der Waals surface area contributed by atoms with Gasteiger partial charge in [-0.3, -0.25) is 0 Å². The van der Waals surface area contributed by atoms with Gasteiger partial charge in [0.1, 0.15) is 0 Å². The van der Waals surface area contributed by atoms with Gasteiger partial charge >= 0.3 is 58.4 Å². The van der Waals surface area contributed by atoms with Gasteiger partial charge in [0.15, 0.2) is 0 Å². The fourth-order valence-electron chi connectivity index (χ4n) is 4.12. The molecule has 0 rings (SSSR count). The van der Waals surface area contributed by atoms with Crippen molar-refractivity contribution in [3.8, 4) is 0 Å². The summed E-state index contributed by atoms with van der Waals surface area (Å²) < 4.78 is 0. The van der Waals surface area contributed by atoms with Crippen molar-refractivity contribution in [2.45, 2.75) is 153 Å². The molecule has 0 spiro atoms. The van der Waals surface area contributed by atoms with Gasteiger partial charge in [-0.1, -0.05) is 107 Å². The molecular formula is C24H52O4P2S4Zn3. The Morgan fingerprint density at radius 1 is 0.486 bits per heavy atom. The Balaban J connectivity index is -0.000000171. The van der Waals surface area contributed by atoms with E-state index in [4.69, 9.17) is 24.5 Å². The molecule has 0 bridgehead atoms. The summed E-state index contributed by atoms with van der Waals surface area (Å²) in [7, 11) is -1.24. The minimum atomic E-state index is -3.61. The monoisotopic (exact) mass is 786 g/mol. The molecule has 0 fully saturated rings. The van der Waals surface area contributed by atoms with E-state index in [-0.39, 0.29) is 79.4 Å². The van der Waals surface area contributed by atoms with Gasteiger partial charge in [-0.05, 0) is 46.7 Å². The van der Waals surface area contributed by atoms with Gasteiger partial charge < -0.3 is 55.5 Å². The zero-order chi connectivity index (χ0) is 26.9. The van der Waals surface area contributed by atoms with Crippen molar-refractivity contribution in [1.29, 1.82) is 0 Å². The summed E-state index contributed by atoms with van der Waals surface area (Å²) in [6.07, 6.45) is 12.8. The van der Waals surface area contributed by atoms with E-state index in [1.54, 1.807) is 0 Å². The van der Waals surface area contributed by atoms with Crippen molar-refractivity contribution in [3.63, 3.8) is 0 Å². The fourth-order valence-corrected chi connectivity index (χ4v) is 20.9. The first kappa shape index (κ1) is 50.6. The van der Waals surface area contributed by atoms with Crippen LogP contribution in [0.25, 0.3) is 0 Å². The molecule has 0 aromatic rings. The first-order valence-corrected chi connectivity index (χ1v) is 22.4. The van der Waals surface area contributed by atoms with Gasteiger partial charge in [0.25, 0.3) is 0 Å². The van der Waals surface area contributed by atoms with E-state index in [0.717, 1.165) is 77.0 Å². The predicted molar refractivity (Wildman–Crippen MR) is 159 cm³/mol. The van der Waals surface area contributed by atoms with Crippen LogP contribution in [0.4, 0.5) is 0 Å². The Kier molecular flexibility index (Phi) is 39.3. The molecule has 0 amide bonds. The largest absolute Gasteiger partial charge is 2.00 e. The summed E-state index contributed by atoms with van der Waals surface area (Å²) in [6, 6.07) is 0. The molecule has 13 heteroatoms. The van der Waals surface area contributed by atoms with Crippen molar-refractivity contribution in [2.24, 2.45) is 0 Å². The molecule has 4 nitrogen and oxygen atoms in total. The zero-order valence-electron chi connectivity index (χ0n) is 25.1. The van der Waals surface area contributed by atoms with Crippen LogP contribution in [0, 0.1) is 0 Å². The average molecular weight is 791 g/mol. The normalized spacial score (nSPS) is 16.4. The maximum atomic E-state index is 11.8. The summed E-state index contributed by atoms with van der Waals surface area (Å²) in [6.45, 7) is 16.8. The van der Waals surface area contributed by atoms with Crippen LogP contribution in [-0.4, -0.2) is 21.0 Å². The molecule has 0 radical (unpaired) electrons. The molecule has 0 aromatic carbocycles. The molecule has 0 aliphatic heterocycles. The molecule has 212 valence electrons. The first-order chi connectivity index (χ1) is 15.7. The third-order valence-corrected chi connectivity index (χ3v) is 21.8. The second-order valence-corrected chi connectivity index (χ2v) is 25.5. The van der Waals surface area contributed by atoms with Crippen molar-refractivity contribution in [3.05, 3.63) is 0 Å². The van der Waals surface area contributed by atoms with Crippen molar-refractivity contribution < 1.29 is 78.0 Å². The minimum absolute atomic E-state index is 0. The van der Waals surface area contributed by atoms with Gasteiger partial charge in [-0.25, -0.2) is 20.1 Å². The summed E-state index contributed by atoms with van der Waals surface area (Å²) in [5.74, 6) is 0. The van der Waals surface area contributed by atoms with Crippen LogP contribution < -0.4 is 19.6 Å². The molecule has 4 atom stereocenters. The molecule has 0 N–H and O–H groups in total. The van der Waals surface area contributed by atoms with Crippen LogP contribution in [0.3, 0.4) is 0 Å². The summed E-state index contributed by atoms with van der Waals surface area (Å²) >= 11 is 9.54. The van der Waals surface area contributed by atoms with Gasteiger partial charge in [-0.2, -0.15) is 0 Å². The van der Waals surface area contributed by atoms with E-state index in [2.05, 4.69) is 55.4 Å². The zero-order valence-corrected chi connectivity index (χ0v) is 39.0. The number of unbranched alkanes of at least 4 members (excludes halogenated alkanes) is 4. The second kappa shape index (κ2) is 28.7. The Morgan fingerprint density at radius 2 is 0.649 bits per heavy atom. The molecule has 0 aliphatic carbocycles. The number of rotatable bonds is 16. The van der Waals surface area contributed by atoms with Crippen LogP contribution >= 0.6 is 11.4 Å². The number of hydrogen-bond donors (Lipinski definition) is 0. The van der Waals surface area contributed by atoms with Crippen molar-refractivity contribution in [2.75, 3.05) is 0 Å². The first-order valence-electron chi connectivity index (χ1n) is 13.2. The van der Waals surface area contributed by atoms with Gasteiger partial charge in [0.05, 0.1) is 0 Å². The quantitative estimate of drug-likeness (QED) is 0.118. The Bertz CT molecular complexity index is 547. The summed E-state index contributed by atoms with van der Waals surface area (Å²) in [4.78, 5) is 47.2. The second-order valence-electron chi connectivity index (χ2n) is 9.40. The predicted octanol–water partition coefficient (Wildman–Crippen LogP) is 5.41. The van der Waals surface area contributed by atoms with Crippen LogP contribution in [0.2, 0.25) is 0 Å². The standard InChI is InChI=1S/2C12H26O2PS2.3Zn/c2*1-5-7-9-11(3)17(15(13,14)16)12(4)10-8-6-2;;;/h2*11-12H,5-10H2,1-4H3;;;/q2*-3;3*+2. The molecule has 0 heterocycles. The van der Waals surface area contributed by atoms with Crippen LogP contribution in [0.15, 0.2) is 0 Å². The van der Waals surface area contributed by atoms with E-state index in [1.807, 2.05) is 0 Å². The molecule has 0 saturated heterocycles. The molecule has 4 unspecified atom stereocenters. The van der Waals surface area contributed by atoms with E-state index in [1.165, 1.54) is 0 Å². The maximum absolute atomic E-state index is 11.8. The van der Waals surface area contributed by atoms with Crippen LogP contribution in [-0.2, 0) is 103 Å². The molecule has 0 saturated carbocycles. The smallest absolute Gasteiger partial charge is 0.854 e. The van der Waals surface area contributed by atoms with Gasteiger partial charge in [0.2, 0.25) is 0 Å². The van der Waals surface area contributed by atoms with Crippen LogP contribution in [0.5, 0.6) is 0 Å². The van der Waals surface area contributed by atoms with E-state index in [9.17, 15) is 19.6 Å². The summed E-state index contributed by atoms with van der Waals surface area (Å²) in [5.41, 5.74) is -7.21. The van der Waals surface area contributed by atoms with E-state index < -0.39 is 31.5 Å². The minimum Gasteiger partial charge on any atom is -0.854 e. The third kappa shape index (κ3) is 25.0. The van der Waals surface area contributed by atoms with Crippen molar-refractivity contribution >= 4 is 56.0 Å². The summed E-state index contributed by atoms with van der Waals surface area (Å²) in [5, 5.41) is 0.899. The molecule has 0 aromatic heterocycles. The number of hydrogen-bond acceptors (Lipinski definition) is 6. The van der Waals surface area contributed by atoms with Gasteiger partial charge in [0, 0.05) is 0 Å². The fraction of sp³-hybridized carbons (Fsp3) is 1.00. The Labute approximate surface area is 284 Å². The third-order valence-electron chi connectivity index (χ3n) is 6.02. The average Bonchev–Trinajstić information content (AvgIpc) is 2.71.